The fourth-order valence-corrected chi connectivity index (χ4v) is 1.91. The Labute approximate surface area is 123 Å². The summed E-state index contributed by atoms with van der Waals surface area (Å²) in [6.07, 6.45) is -0.606. The zero-order chi connectivity index (χ0) is 14.3. The van der Waals surface area contributed by atoms with Gasteiger partial charge in [0, 0.05) is 24.2 Å². The molecule has 0 aliphatic carbocycles. The highest BCUT2D eigenvalue weighted by molar-refractivity contribution is 9.10. The van der Waals surface area contributed by atoms with E-state index < -0.39 is 6.10 Å². The zero-order valence-corrected chi connectivity index (χ0v) is 13.2. The van der Waals surface area contributed by atoms with E-state index in [1.807, 2.05) is 18.2 Å². The Morgan fingerprint density at radius 3 is 2.68 bits per heavy atom. The predicted molar refractivity (Wildman–Crippen MR) is 79.5 cm³/mol. The van der Waals surface area contributed by atoms with Gasteiger partial charge in [0.15, 0.2) is 0 Å². The Morgan fingerprint density at radius 1 is 1.32 bits per heavy atom. The van der Waals surface area contributed by atoms with Gasteiger partial charge in [-0.25, -0.2) is 0 Å². The Balaban J connectivity index is 2.57. The molecule has 2 N–H and O–H groups in total. The topological polar surface area (TPSA) is 50.7 Å². The van der Waals surface area contributed by atoms with Crippen LogP contribution >= 0.6 is 15.9 Å². The van der Waals surface area contributed by atoms with Gasteiger partial charge in [0.25, 0.3) is 0 Å². The highest BCUT2D eigenvalue weighted by Crippen LogP contribution is 2.22. The van der Waals surface area contributed by atoms with Crippen molar-refractivity contribution in [3.8, 4) is 5.75 Å². The number of rotatable bonds is 8. The van der Waals surface area contributed by atoms with Crippen molar-refractivity contribution in [2.24, 2.45) is 0 Å². The molecule has 1 unspecified atom stereocenters. The van der Waals surface area contributed by atoms with Crippen molar-refractivity contribution in [1.82, 2.24) is 5.32 Å². The summed E-state index contributed by atoms with van der Waals surface area (Å²) in [6, 6.07) is 6.23. The van der Waals surface area contributed by atoms with Crippen molar-refractivity contribution in [1.29, 1.82) is 0 Å². The van der Waals surface area contributed by atoms with Gasteiger partial charge in [-0.3, -0.25) is 0 Å². The average molecular weight is 332 g/mol. The Bertz CT molecular complexity index is 385. The molecule has 0 fully saturated rings. The summed E-state index contributed by atoms with van der Waals surface area (Å²) in [5, 5.41) is 12.9. The first-order valence-corrected chi connectivity index (χ1v) is 7.13. The minimum absolute atomic E-state index is 0.229. The van der Waals surface area contributed by atoms with Crippen LogP contribution < -0.4 is 10.1 Å². The molecule has 0 heterocycles. The van der Waals surface area contributed by atoms with Gasteiger partial charge >= 0.3 is 0 Å². The molecule has 0 radical (unpaired) electrons. The molecule has 4 nitrogen and oxygen atoms in total. The van der Waals surface area contributed by atoms with Gasteiger partial charge in [0.1, 0.15) is 18.5 Å². The molecule has 5 heteroatoms. The molecule has 0 amide bonds. The first-order chi connectivity index (χ1) is 9.02. The Hall–Kier alpha value is -0.620. The molecule has 19 heavy (non-hydrogen) atoms. The Morgan fingerprint density at radius 2 is 2.05 bits per heavy atom. The first-order valence-electron chi connectivity index (χ1n) is 6.34. The number of hydrogen-bond donors (Lipinski definition) is 2. The van der Waals surface area contributed by atoms with Gasteiger partial charge < -0.3 is 19.9 Å². The van der Waals surface area contributed by atoms with E-state index >= 15 is 0 Å². The van der Waals surface area contributed by atoms with Crippen molar-refractivity contribution < 1.29 is 14.6 Å². The maximum absolute atomic E-state index is 9.54. The SMILES string of the molecule is COCC(O)COc1ccc(Br)c(CNC(C)C)c1. The third kappa shape index (κ3) is 6.38. The molecule has 0 aliphatic rings. The van der Waals surface area contributed by atoms with Gasteiger partial charge in [0.2, 0.25) is 0 Å². The predicted octanol–water partition coefficient (Wildman–Crippen LogP) is 2.33. The van der Waals surface area contributed by atoms with Crippen molar-refractivity contribution >= 4 is 15.9 Å². The molecule has 0 bridgehead atoms. The zero-order valence-electron chi connectivity index (χ0n) is 11.6. The van der Waals surface area contributed by atoms with Crippen LogP contribution in [-0.2, 0) is 11.3 Å². The largest absolute Gasteiger partial charge is 0.491 e. The van der Waals surface area contributed by atoms with Crippen LogP contribution in [0.5, 0.6) is 5.75 Å². The van der Waals surface area contributed by atoms with E-state index in [9.17, 15) is 5.11 Å². The Kier molecular flexibility index (Phi) is 7.38. The lowest BCUT2D eigenvalue weighted by Crippen LogP contribution is -2.23. The van der Waals surface area contributed by atoms with E-state index in [0.717, 1.165) is 22.3 Å². The molecule has 1 aromatic rings. The number of nitrogens with one attached hydrogen (secondary N) is 1. The number of aliphatic hydroxyl groups excluding tert-OH is 1. The number of halogens is 1. The van der Waals surface area contributed by atoms with E-state index in [0.29, 0.717) is 6.04 Å². The van der Waals surface area contributed by atoms with Gasteiger partial charge in [0.05, 0.1) is 6.61 Å². The van der Waals surface area contributed by atoms with E-state index in [2.05, 4.69) is 35.1 Å². The van der Waals surface area contributed by atoms with Crippen molar-refractivity contribution in [3.05, 3.63) is 28.2 Å². The first kappa shape index (κ1) is 16.4. The van der Waals surface area contributed by atoms with Crippen molar-refractivity contribution in [2.45, 2.75) is 32.5 Å². The lowest BCUT2D eigenvalue weighted by Gasteiger charge is -2.14. The van der Waals surface area contributed by atoms with Crippen LogP contribution in [0.4, 0.5) is 0 Å². The van der Waals surface area contributed by atoms with Crippen LogP contribution in [0.25, 0.3) is 0 Å². The average Bonchev–Trinajstić information content (AvgIpc) is 2.36. The quantitative estimate of drug-likeness (QED) is 0.767. The normalized spacial score (nSPS) is 12.7. The number of hydrogen-bond acceptors (Lipinski definition) is 4. The molecule has 0 aromatic heterocycles. The number of aliphatic hydroxyl groups is 1. The smallest absolute Gasteiger partial charge is 0.119 e. The van der Waals surface area contributed by atoms with Crippen molar-refractivity contribution in [3.63, 3.8) is 0 Å². The molecule has 0 saturated carbocycles. The fourth-order valence-electron chi connectivity index (χ4n) is 1.52. The second kappa shape index (κ2) is 8.53. The summed E-state index contributed by atoms with van der Waals surface area (Å²) in [5.74, 6) is 0.749. The lowest BCUT2D eigenvalue weighted by atomic mass is 10.2. The van der Waals surface area contributed by atoms with Crippen LogP contribution in [0, 0.1) is 0 Å². The lowest BCUT2D eigenvalue weighted by molar-refractivity contribution is 0.0325. The van der Waals surface area contributed by atoms with Crippen LogP contribution in [-0.4, -0.2) is 37.6 Å². The molecule has 1 rings (SSSR count). The second-order valence-electron chi connectivity index (χ2n) is 4.71. The molecular formula is C14H22BrNO3. The number of methoxy groups -OCH3 is 1. The standard InChI is InChI=1S/C14H22BrNO3/c1-10(2)16-7-11-6-13(4-5-14(11)15)19-9-12(17)8-18-3/h4-6,10,12,16-17H,7-9H2,1-3H3. The number of ether oxygens (including phenoxy) is 2. The van der Waals surface area contributed by atoms with Gasteiger partial charge in [-0.2, -0.15) is 0 Å². The molecule has 1 aromatic carbocycles. The van der Waals surface area contributed by atoms with E-state index in [1.54, 1.807) is 7.11 Å². The molecule has 0 saturated heterocycles. The minimum Gasteiger partial charge on any atom is -0.491 e. The van der Waals surface area contributed by atoms with Crippen LogP contribution in [0.1, 0.15) is 19.4 Å². The summed E-state index contributed by atoms with van der Waals surface area (Å²) in [7, 11) is 1.55. The molecular weight excluding hydrogens is 310 g/mol. The third-order valence-corrected chi connectivity index (χ3v) is 3.29. The summed E-state index contributed by atoms with van der Waals surface area (Å²) in [6.45, 7) is 5.49. The molecule has 1 atom stereocenters. The van der Waals surface area contributed by atoms with Gasteiger partial charge in [-0.1, -0.05) is 29.8 Å². The summed E-state index contributed by atoms with van der Waals surface area (Å²) < 4.78 is 11.4. The van der Waals surface area contributed by atoms with Crippen LogP contribution in [0.2, 0.25) is 0 Å². The van der Waals surface area contributed by atoms with Crippen molar-refractivity contribution in [2.75, 3.05) is 20.3 Å². The summed E-state index contributed by atoms with van der Waals surface area (Å²) in [5.41, 5.74) is 1.13. The fraction of sp³-hybridized carbons (Fsp3) is 0.571. The molecule has 108 valence electrons. The second-order valence-corrected chi connectivity index (χ2v) is 5.56. The maximum Gasteiger partial charge on any atom is 0.119 e. The maximum atomic E-state index is 9.54. The third-order valence-electron chi connectivity index (χ3n) is 2.52. The minimum atomic E-state index is -0.606. The monoisotopic (exact) mass is 331 g/mol. The summed E-state index contributed by atoms with van der Waals surface area (Å²) >= 11 is 3.52. The van der Waals surface area contributed by atoms with Gasteiger partial charge in [-0.15, -0.1) is 0 Å². The van der Waals surface area contributed by atoms with E-state index in [1.165, 1.54) is 0 Å². The van der Waals surface area contributed by atoms with Crippen LogP contribution in [0.15, 0.2) is 22.7 Å². The van der Waals surface area contributed by atoms with Crippen LogP contribution in [0.3, 0.4) is 0 Å². The highest BCUT2D eigenvalue weighted by Gasteiger charge is 2.07. The van der Waals surface area contributed by atoms with Gasteiger partial charge in [-0.05, 0) is 23.8 Å². The number of benzene rings is 1. The molecule has 0 spiro atoms. The highest BCUT2D eigenvalue weighted by atomic mass is 79.9. The molecule has 0 aliphatic heterocycles. The van der Waals surface area contributed by atoms with E-state index in [4.69, 9.17) is 9.47 Å². The van der Waals surface area contributed by atoms with E-state index in [-0.39, 0.29) is 13.2 Å². The summed E-state index contributed by atoms with van der Waals surface area (Å²) in [4.78, 5) is 0.